The molecule has 0 saturated carbocycles. The summed E-state index contributed by atoms with van der Waals surface area (Å²) in [6, 6.07) is 12.8. The Morgan fingerprint density at radius 1 is 1.10 bits per heavy atom. The topological polar surface area (TPSA) is 68.4 Å². The molecule has 20 heavy (non-hydrogen) atoms. The van der Waals surface area contributed by atoms with E-state index in [0.717, 1.165) is 21.9 Å². The fourth-order valence-corrected chi connectivity index (χ4v) is 2.30. The summed E-state index contributed by atoms with van der Waals surface area (Å²) in [5, 5.41) is 11.7. The molecule has 0 aliphatic rings. The molecule has 4 heteroatoms. The van der Waals surface area contributed by atoms with Gasteiger partial charge in [-0.05, 0) is 29.8 Å². The van der Waals surface area contributed by atoms with Gasteiger partial charge in [-0.25, -0.2) is 4.98 Å². The van der Waals surface area contributed by atoms with Crippen LogP contribution in [0.4, 0.5) is 5.69 Å². The summed E-state index contributed by atoms with van der Waals surface area (Å²) in [5.74, 6) is 0.699. The van der Waals surface area contributed by atoms with E-state index in [1.54, 1.807) is 25.4 Å². The first-order chi connectivity index (χ1) is 9.70. The van der Waals surface area contributed by atoms with Gasteiger partial charge in [0, 0.05) is 28.2 Å². The first kappa shape index (κ1) is 12.3. The molecule has 100 valence electrons. The van der Waals surface area contributed by atoms with E-state index in [-0.39, 0.29) is 5.75 Å². The lowest BCUT2D eigenvalue weighted by Gasteiger charge is -2.11. The smallest absolute Gasteiger partial charge is 0.221 e. The van der Waals surface area contributed by atoms with Crippen LogP contribution in [-0.2, 0) is 0 Å². The molecule has 3 rings (SSSR count). The van der Waals surface area contributed by atoms with Crippen LogP contribution >= 0.6 is 0 Å². The standard InChI is InChI=1S/C16H14N2O2/c1-20-16-12-3-2-4-14(19)15(12)13(9-18-16)10-5-7-11(17)8-6-10/h2-9,19H,17H2,1H3. The zero-order valence-corrected chi connectivity index (χ0v) is 11.0. The molecule has 0 aliphatic carbocycles. The predicted octanol–water partition coefficient (Wildman–Crippen LogP) is 3.20. The number of fused-ring (bicyclic) bond motifs is 1. The average Bonchev–Trinajstić information content (AvgIpc) is 2.47. The molecule has 4 nitrogen and oxygen atoms in total. The first-order valence-electron chi connectivity index (χ1n) is 6.21. The summed E-state index contributed by atoms with van der Waals surface area (Å²) in [7, 11) is 1.56. The number of nitrogens with two attached hydrogens (primary N) is 1. The lowest BCUT2D eigenvalue weighted by atomic mass is 10.00. The zero-order chi connectivity index (χ0) is 14.1. The van der Waals surface area contributed by atoms with Crippen molar-refractivity contribution < 1.29 is 9.84 Å². The number of hydrogen-bond donors (Lipinski definition) is 2. The van der Waals surface area contributed by atoms with Crippen molar-refractivity contribution in [1.82, 2.24) is 4.98 Å². The van der Waals surface area contributed by atoms with Crippen LogP contribution in [0.1, 0.15) is 0 Å². The van der Waals surface area contributed by atoms with Crippen LogP contribution < -0.4 is 10.5 Å². The van der Waals surface area contributed by atoms with Crippen molar-refractivity contribution in [2.45, 2.75) is 0 Å². The van der Waals surface area contributed by atoms with Crippen molar-refractivity contribution in [1.29, 1.82) is 0 Å². The number of nitrogen functional groups attached to an aromatic ring is 1. The Hall–Kier alpha value is -2.75. The number of methoxy groups -OCH3 is 1. The molecule has 0 aliphatic heterocycles. The van der Waals surface area contributed by atoms with Gasteiger partial charge in [0.25, 0.3) is 0 Å². The predicted molar refractivity (Wildman–Crippen MR) is 79.8 cm³/mol. The maximum atomic E-state index is 10.2. The van der Waals surface area contributed by atoms with Gasteiger partial charge in [-0.2, -0.15) is 0 Å². The van der Waals surface area contributed by atoms with E-state index < -0.39 is 0 Å². The van der Waals surface area contributed by atoms with Gasteiger partial charge in [0.2, 0.25) is 5.88 Å². The lowest BCUT2D eigenvalue weighted by Crippen LogP contribution is -1.92. The van der Waals surface area contributed by atoms with E-state index in [0.29, 0.717) is 11.6 Å². The van der Waals surface area contributed by atoms with E-state index in [4.69, 9.17) is 10.5 Å². The quantitative estimate of drug-likeness (QED) is 0.699. The molecule has 3 aromatic rings. The number of rotatable bonds is 2. The minimum absolute atomic E-state index is 0.204. The average molecular weight is 266 g/mol. The van der Waals surface area contributed by atoms with Crippen molar-refractivity contribution in [3.8, 4) is 22.8 Å². The highest BCUT2D eigenvalue weighted by atomic mass is 16.5. The van der Waals surface area contributed by atoms with Gasteiger partial charge in [0.05, 0.1) is 7.11 Å². The minimum atomic E-state index is 0.204. The van der Waals surface area contributed by atoms with E-state index in [9.17, 15) is 5.11 Å². The number of aromatic hydroxyl groups is 1. The van der Waals surface area contributed by atoms with E-state index in [1.165, 1.54) is 0 Å². The molecular formula is C16H14N2O2. The van der Waals surface area contributed by atoms with Crippen LogP contribution in [0.25, 0.3) is 21.9 Å². The molecule has 0 amide bonds. The molecule has 0 bridgehead atoms. The highest BCUT2D eigenvalue weighted by Crippen LogP contribution is 2.37. The maximum Gasteiger partial charge on any atom is 0.221 e. The molecule has 3 N–H and O–H groups in total. The molecule has 0 fully saturated rings. The molecule has 0 unspecified atom stereocenters. The number of nitrogens with zero attached hydrogens (tertiary/aromatic N) is 1. The second-order valence-electron chi connectivity index (χ2n) is 4.50. The summed E-state index contributed by atoms with van der Waals surface area (Å²) in [6.45, 7) is 0. The summed E-state index contributed by atoms with van der Waals surface area (Å²) in [6.07, 6.45) is 1.70. The number of anilines is 1. The van der Waals surface area contributed by atoms with Gasteiger partial charge in [-0.1, -0.05) is 18.2 Å². The Morgan fingerprint density at radius 2 is 1.85 bits per heavy atom. The fraction of sp³-hybridized carbons (Fsp3) is 0.0625. The molecule has 0 saturated heterocycles. The van der Waals surface area contributed by atoms with E-state index in [2.05, 4.69) is 4.98 Å². The van der Waals surface area contributed by atoms with Crippen molar-refractivity contribution >= 4 is 16.5 Å². The minimum Gasteiger partial charge on any atom is -0.507 e. The number of ether oxygens (including phenoxy) is 1. The van der Waals surface area contributed by atoms with Crippen LogP contribution in [0.2, 0.25) is 0 Å². The molecule has 0 spiro atoms. The number of benzene rings is 2. The number of hydrogen-bond acceptors (Lipinski definition) is 4. The van der Waals surface area contributed by atoms with Crippen LogP contribution in [-0.4, -0.2) is 17.2 Å². The number of aromatic nitrogens is 1. The van der Waals surface area contributed by atoms with Crippen LogP contribution in [0.5, 0.6) is 11.6 Å². The van der Waals surface area contributed by atoms with Crippen LogP contribution in [0.15, 0.2) is 48.7 Å². The first-order valence-corrected chi connectivity index (χ1v) is 6.21. The van der Waals surface area contributed by atoms with E-state index in [1.807, 2.05) is 30.3 Å². The summed E-state index contributed by atoms with van der Waals surface area (Å²) in [4.78, 5) is 4.30. The largest absolute Gasteiger partial charge is 0.507 e. The van der Waals surface area contributed by atoms with Gasteiger partial charge >= 0.3 is 0 Å². The Bertz CT molecular complexity index is 767. The fourth-order valence-electron chi connectivity index (χ4n) is 2.30. The molecule has 1 aromatic heterocycles. The number of phenolic OH excluding ortho intramolecular Hbond substituents is 1. The van der Waals surface area contributed by atoms with Crippen LogP contribution in [0.3, 0.4) is 0 Å². The van der Waals surface area contributed by atoms with Gasteiger partial charge < -0.3 is 15.6 Å². The summed E-state index contributed by atoms with van der Waals surface area (Å²) in [5.41, 5.74) is 8.20. The Kier molecular flexibility index (Phi) is 2.91. The molecule has 0 radical (unpaired) electrons. The van der Waals surface area contributed by atoms with Crippen molar-refractivity contribution in [2.24, 2.45) is 0 Å². The third kappa shape index (κ3) is 1.91. The lowest BCUT2D eigenvalue weighted by molar-refractivity contribution is 0.403. The van der Waals surface area contributed by atoms with Crippen molar-refractivity contribution in [3.63, 3.8) is 0 Å². The normalized spacial score (nSPS) is 10.7. The Labute approximate surface area is 116 Å². The Balaban J connectivity index is 2.34. The highest BCUT2D eigenvalue weighted by Gasteiger charge is 2.12. The van der Waals surface area contributed by atoms with Crippen molar-refractivity contribution in [2.75, 3.05) is 12.8 Å². The maximum absolute atomic E-state index is 10.2. The molecule has 2 aromatic carbocycles. The number of pyridine rings is 1. The van der Waals surface area contributed by atoms with Crippen molar-refractivity contribution in [3.05, 3.63) is 48.7 Å². The van der Waals surface area contributed by atoms with Gasteiger partial charge in [-0.15, -0.1) is 0 Å². The number of phenols is 1. The second-order valence-corrected chi connectivity index (χ2v) is 4.50. The third-order valence-electron chi connectivity index (χ3n) is 3.27. The van der Waals surface area contributed by atoms with E-state index >= 15 is 0 Å². The monoisotopic (exact) mass is 266 g/mol. The molecule has 1 heterocycles. The second kappa shape index (κ2) is 4.74. The molecular weight excluding hydrogens is 252 g/mol. The third-order valence-corrected chi connectivity index (χ3v) is 3.27. The summed E-state index contributed by atoms with van der Waals surface area (Å²) >= 11 is 0. The Morgan fingerprint density at radius 3 is 2.55 bits per heavy atom. The molecule has 0 atom stereocenters. The zero-order valence-electron chi connectivity index (χ0n) is 11.0. The summed E-state index contributed by atoms with van der Waals surface area (Å²) < 4.78 is 5.25. The van der Waals surface area contributed by atoms with Gasteiger partial charge in [-0.3, -0.25) is 0 Å². The SMILES string of the molecule is COc1ncc(-c2ccc(N)cc2)c2c(O)cccc12. The highest BCUT2D eigenvalue weighted by molar-refractivity contribution is 6.02. The van der Waals surface area contributed by atoms with Gasteiger partial charge in [0.15, 0.2) is 0 Å². The van der Waals surface area contributed by atoms with Crippen LogP contribution in [0, 0.1) is 0 Å². The van der Waals surface area contributed by atoms with Gasteiger partial charge in [0.1, 0.15) is 5.75 Å².